The summed E-state index contributed by atoms with van der Waals surface area (Å²) in [6, 6.07) is 15.2. The van der Waals surface area contributed by atoms with Gasteiger partial charge in [0.05, 0.1) is 6.67 Å². The van der Waals surface area contributed by atoms with E-state index in [1.165, 1.54) is 74.1 Å². The van der Waals surface area contributed by atoms with Crippen LogP contribution >= 0.6 is 23.2 Å². The van der Waals surface area contributed by atoms with Crippen LogP contribution in [0.15, 0.2) is 52.8 Å². The van der Waals surface area contributed by atoms with Crippen molar-refractivity contribution in [1.82, 2.24) is 9.80 Å². The molecule has 0 fully saturated rings. The number of rotatable bonds is 13. The maximum atomic E-state index is 6.54. The van der Waals surface area contributed by atoms with Gasteiger partial charge in [-0.1, -0.05) is 152 Å². The Morgan fingerprint density at radius 2 is 1.18 bits per heavy atom. The molecule has 1 aliphatic heterocycles. The highest BCUT2D eigenvalue weighted by Crippen LogP contribution is 2.30. The number of benzene rings is 2. The van der Waals surface area contributed by atoms with Gasteiger partial charge in [0.2, 0.25) is 0 Å². The van der Waals surface area contributed by atoms with Crippen molar-refractivity contribution in [2.24, 2.45) is 0 Å². The first kappa shape index (κ1) is 30.7. The van der Waals surface area contributed by atoms with Gasteiger partial charge in [-0.3, -0.25) is 0 Å². The van der Waals surface area contributed by atoms with Gasteiger partial charge < -0.3 is 9.80 Å². The fraction of sp³-hybridized carbons (Fsp3) is 0.600. The maximum absolute atomic E-state index is 6.54. The van der Waals surface area contributed by atoms with E-state index in [-0.39, 0.29) is 0 Å². The lowest BCUT2D eigenvalue weighted by Gasteiger charge is -2.22. The van der Waals surface area contributed by atoms with Crippen molar-refractivity contribution < 1.29 is 0 Å². The predicted octanol–water partition coefficient (Wildman–Crippen LogP) is 10.1. The average Bonchev–Trinajstić information content (AvgIpc) is 3.16. The van der Waals surface area contributed by atoms with Crippen molar-refractivity contribution >= 4 is 34.0 Å². The van der Waals surface area contributed by atoms with Crippen LogP contribution in [-0.4, -0.2) is 29.6 Å². The van der Waals surface area contributed by atoms with E-state index in [1.54, 1.807) is 0 Å². The van der Waals surface area contributed by atoms with Gasteiger partial charge in [-0.25, -0.2) is 0 Å². The Morgan fingerprint density at radius 3 is 1.79 bits per heavy atom. The Hall–Kier alpha value is -1.38. The maximum Gasteiger partial charge on any atom is 0.141 e. The van der Waals surface area contributed by atoms with Gasteiger partial charge in [0.1, 0.15) is 10.3 Å². The fourth-order valence-corrected chi connectivity index (χ4v) is 4.72. The van der Waals surface area contributed by atoms with Crippen molar-refractivity contribution in [2.75, 3.05) is 19.8 Å². The standard InChI is InChI=1S/C26H36Cl2N2.2C2H6/c1-2-3-4-5-6-7-8-9-12-18-29-21-30(26(28)25(29)27)19-17-22-15-16-23-13-10-11-14-24(23)20-22;2*1-2/h10-11,13-16,20H,2-9,12,17-19,21H2,1H3;2*1-2H3. The number of halogens is 2. The summed E-state index contributed by atoms with van der Waals surface area (Å²) in [7, 11) is 0. The minimum atomic E-state index is 0.702. The molecule has 0 amide bonds. The van der Waals surface area contributed by atoms with Crippen LogP contribution in [0.1, 0.15) is 98.0 Å². The Bertz CT molecular complexity index is 818. The zero-order chi connectivity index (χ0) is 25.2. The summed E-state index contributed by atoms with van der Waals surface area (Å²) < 4.78 is 0. The zero-order valence-corrected chi connectivity index (χ0v) is 23.9. The highest BCUT2D eigenvalue weighted by molar-refractivity contribution is 6.38. The van der Waals surface area contributed by atoms with E-state index in [2.05, 4.69) is 59.2 Å². The van der Waals surface area contributed by atoms with Gasteiger partial charge in [0, 0.05) is 13.1 Å². The molecular formula is C30H48Cl2N2. The molecule has 0 unspecified atom stereocenters. The Balaban J connectivity index is 0.00000137. The third-order valence-electron chi connectivity index (χ3n) is 6.08. The van der Waals surface area contributed by atoms with E-state index in [9.17, 15) is 0 Å². The molecular weight excluding hydrogens is 459 g/mol. The van der Waals surface area contributed by atoms with Crippen molar-refractivity contribution in [3.63, 3.8) is 0 Å². The lowest BCUT2D eigenvalue weighted by Crippen LogP contribution is -2.29. The smallest absolute Gasteiger partial charge is 0.141 e. The van der Waals surface area contributed by atoms with Crippen LogP contribution in [0, 0.1) is 0 Å². The number of unbranched alkanes of at least 4 members (excludes halogenated alkanes) is 8. The van der Waals surface area contributed by atoms with E-state index < -0.39 is 0 Å². The molecule has 4 heteroatoms. The zero-order valence-electron chi connectivity index (χ0n) is 22.4. The van der Waals surface area contributed by atoms with Crippen molar-refractivity contribution in [3.05, 3.63) is 58.3 Å². The largest absolute Gasteiger partial charge is 0.342 e. The van der Waals surface area contributed by atoms with Crippen LogP contribution in [0.25, 0.3) is 10.8 Å². The molecule has 0 saturated heterocycles. The van der Waals surface area contributed by atoms with Crippen LogP contribution in [0.5, 0.6) is 0 Å². The molecule has 2 nitrogen and oxygen atoms in total. The van der Waals surface area contributed by atoms with Crippen LogP contribution in [-0.2, 0) is 6.42 Å². The molecule has 1 aliphatic rings. The van der Waals surface area contributed by atoms with Crippen molar-refractivity contribution in [1.29, 1.82) is 0 Å². The molecule has 0 N–H and O–H groups in total. The summed E-state index contributed by atoms with van der Waals surface area (Å²) in [6.45, 7) is 13.0. The van der Waals surface area contributed by atoms with E-state index >= 15 is 0 Å². The first-order valence-electron chi connectivity index (χ1n) is 13.7. The number of fused-ring (bicyclic) bond motifs is 1. The minimum absolute atomic E-state index is 0.702. The average molecular weight is 508 g/mol. The second-order valence-corrected chi connectivity index (χ2v) is 9.23. The lowest BCUT2D eigenvalue weighted by molar-refractivity contribution is 0.256. The minimum Gasteiger partial charge on any atom is -0.342 e. The SMILES string of the molecule is CC.CC.CCCCCCCCCCCN1CN(CCc2ccc3ccccc3c2)C(Cl)=C1Cl. The first-order valence-corrected chi connectivity index (χ1v) is 14.5. The predicted molar refractivity (Wildman–Crippen MR) is 155 cm³/mol. The third kappa shape index (κ3) is 10.5. The molecule has 2 aromatic rings. The second-order valence-electron chi connectivity index (χ2n) is 8.51. The second kappa shape index (κ2) is 18.9. The van der Waals surface area contributed by atoms with Crippen molar-refractivity contribution in [3.8, 4) is 0 Å². The molecule has 0 bridgehead atoms. The molecule has 192 valence electrons. The Kier molecular flexibility index (Phi) is 17.0. The van der Waals surface area contributed by atoms with E-state index in [1.807, 2.05) is 27.7 Å². The first-order chi connectivity index (χ1) is 16.7. The molecule has 0 saturated carbocycles. The van der Waals surface area contributed by atoms with Crippen LogP contribution in [0.2, 0.25) is 0 Å². The number of nitrogens with zero attached hydrogens (tertiary/aromatic N) is 2. The third-order valence-corrected chi connectivity index (χ3v) is 7.02. The van der Waals surface area contributed by atoms with Gasteiger partial charge in [0.15, 0.2) is 0 Å². The number of hydrogen-bond donors (Lipinski definition) is 0. The molecule has 3 rings (SSSR count). The molecule has 0 radical (unpaired) electrons. The summed E-state index contributed by atoms with van der Waals surface area (Å²) in [5.41, 5.74) is 1.34. The summed E-state index contributed by atoms with van der Waals surface area (Å²) in [4.78, 5) is 4.43. The molecule has 0 atom stereocenters. The molecule has 0 aliphatic carbocycles. The van der Waals surface area contributed by atoms with E-state index in [0.29, 0.717) is 5.16 Å². The quantitative estimate of drug-likeness (QED) is 0.197. The normalized spacial score (nSPS) is 13.0. The van der Waals surface area contributed by atoms with Gasteiger partial charge in [-0.15, -0.1) is 0 Å². The summed E-state index contributed by atoms with van der Waals surface area (Å²) in [6.07, 6.45) is 13.0. The molecule has 0 spiro atoms. The number of hydrogen-bond acceptors (Lipinski definition) is 2. The summed E-state index contributed by atoms with van der Waals surface area (Å²) in [5.74, 6) is 0. The molecule has 2 aromatic carbocycles. The molecule has 1 heterocycles. The highest BCUT2D eigenvalue weighted by atomic mass is 35.5. The van der Waals surface area contributed by atoms with Crippen LogP contribution in [0.4, 0.5) is 0 Å². The summed E-state index contributed by atoms with van der Waals surface area (Å²) in [5, 5.41) is 4.00. The van der Waals surface area contributed by atoms with Gasteiger partial charge in [-0.05, 0) is 29.2 Å². The van der Waals surface area contributed by atoms with Gasteiger partial charge in [0.25, 0.3) is 0 Å². The Labute approximate surface area is 220 Å². The van der Waals surface area contributed by atoms with Gasteiger partial charge in [-0.2, -0.15) is 0 Å². The molecule has 34 heavy (non-hydrogen) atoms. The summed E-state index contributed by atoms with van der Waals surface area (Å²) >= 11 is 13.1. The van der Waals surface area contributed by atoms with E-state index in [0.717, 1.165) is 31.3 Å². The van der Waals surface area contributed by atoms with Crippen molar-refractivity contribution in [2.45, 2.75) is 98.8 Å². The molecule has 0 aromatic heterocycles. The highest BCUT2D eigenvalue weighted by Gasteiger charge is 2.25. The van der Waals surface area contributed by atoms with E-state index in [4.69, 9.17) is 23.2 Å². The topological polar surface area (TPSA) is 6.48 Å². The lowest BCUT2D eigenvalue weighted by atomic mass is 10.1. The fourth-order valence-electron chi connectivity index (χ4n) is 4.20. The van der Waals surface area contributed by atoms with Crippen LogP contribution in [0.3, 0.4) is 0 Å². The monoisotopic (exact) mass is 506 g/mol. The Morgan fingerprint density at radius 1 is 0.647 bits per heavy atom. The van der Waals surface area contributed by atoms with Gasteiger partial charge >= 0.3 is 0 Å². The van der Waals surface area contributed by atoms with Crippen LogP contribution < -0.4 is 0 Å².